The molecule has 3 aliphatic carbocycles. The Hall–Kier alpha value is -1.60. The Morgan fingerprint density at radius 1 is 0.842 bits per heavy atom. The molecular weight excluding hydrogens is 232 g/mol. The molecule has 0 saturated heterocycles. The number of aliphatic hydroxyl groups excluding tert-OH is 1. The van der Waals surface area contributed by atoms with Gasteiger partial charge in [0, 0.05) is 10.8 Å². The van der Waals surface area contributed by atoms with E-state index >= 15 is 0 Å². The van der Waals surface area contributed by atoms with Gasteiger partial charge in [0.1, 0.15) is 0 Å². The van der Waals surface area contributed by atoms with Crippen molar-refractivity contribution in [1.82, 2.24) is 0 Å². The van der Waals surface area contributed by atoms with Crippen LogP contribution in [0.25, 0.3) is 0 Å². The molecule has 0 aliphatic heterocycles. The summed E-state index contributed by atoms with van der Waals surface area (Å²) in [5, 5.41) is 10.7. The van der Waals surface area contributed by atoms with Crippen LogP contribution in [0.2, 0.25) is 0 Å². The fourth-order valence-electron chi connectivity index (χ4n) is 4.29. The van der Waals surface area contributed by atoms with Crippen molar-refractivity contribution in [3.05, 3.63) is 70.8 Å². The topological polar surface area (TPSA) is 20.2 Å². The average molecular weight is 250 g/mol. The highest BCUT2D eigenvalue weighted by molar-refractivity contribution is 5.62. The molecule has 0 fully saturated rings. The summed E-state index contributed by atoms with van der Waals surface area (Å²) >= 11 is 0. The monoisotopic (exact) mass is 250 g/mol. The highest BCUT2D eigenvalue weighted by atomic mass is 16.3. The van der Waals surface area contributed by atoms with Gasteiger partial charge in [0.15, 0.2) is 0 Å². The Kier molecular flexibility index (Phi) is 1.95. The van der Waals surface area contributed by atoms with Gasteiger partial charge in [0.05, 0.1) is 6.10 Å². The zero-order valence-corrected chi connectivity index (χ0v) is 11.4. The summed E-state index contributed by atoms with van der Waals surface area (Å²) in [6.07, 6.45) is 0.514. The Labute approximate surface area is 113 Å². The maximum Gasteiger partial charge on any atom is 0.0686 e. The second-order valence-corrected chi connectivity index (χ2v) is 6.35. The molecule has 96 valence electrons. The molecule has 0 saturated carbocycles. The molecule has 0 heterocycles. The summed E-state index contributed by atoms with van der Waals surface area (Å²) < 4.78 is 0. The third kappa shape index (κ3) is 1.11. The van der Waals surface area contributed by atoms with Crippen molar-refractivity contribution in [2.75, 3.05) is 0 Å². The largest absolute Gasteiger partial charge is 0.392 e. The lowest BCUT2D eigenvalue weighted by molar-refractivity contribution is 0.0586. The number of hydrogen-bond donors (Lipinski definition) is 1. The third-order valence-electron chi connectivity index (χ3n) is 5.43. The molecule has 1 unspecified atom stereocenters. The molecule has 1 nitrogen and oxygen atoms in total. The maximum atomic E-state index is 10.7. The molecule has 0 amide bonds. The van der Waals surface area contributed by atoms with Crippen molar-refractivity contribution in [2.24, 2.45) is 0 Å². The maximum absolute atomic E-state index is 10.7. The quantitative estimate of drug-likeness (QED) is 0.760. The molecule has 1 N–H and O–H groups in total. The van der Waals surface area contributed by atoms with Gasteiger partial charge in [-0.05, 0) is 35.6 Å². The first-order valence-electron chi connectivity index (χ1n) is 6.96. The molecule has 0 spiro atoms. The van der Waals surface area contributed by atoms with Crippen LogP contribution in [0, 0.1) is 0 Å². The molecule has 19 heavy (non-hydrogen) atoms. The van der Waals surface area contributed by atoms with Crippen LogP contribution in [0.4, 0.5) is 0 Å². The summed E-state index contributed by atoms with van der Waals surface area (Å²) in [4.78, 5) is 0. The van der Waals surface area contributed by atoms with Gasteiger partial charge in [-0.15, -0.1) is 0 Å². The van der Waals surface area contributed by atoms with Gasteiger partial charge in [-0.25, -0.2) is 0 Å². The number of hydrogen-bond acceptors (Lipinski definition) is 1. The van der Waals surface area contributed by atoms with Crippen molar-refractivity contribution in [1.29, 1.82) is 0 Å². The van der Waals surface area contributed by atoms with Gasteiger partial charge in [-0.3, -0.25) is 0 Å². The van der Waals surface area contributed by atoms with Crippen LogP contribution in [0.1, 0.15) is 42.5 Å². The van der Waals surface area contributed by atoms with Crippen LogP contribution < -0.4 is 0 Å². The van der Waals surface area contributed by atoms with Gasteiger partial charge in [0.2, 0.25) is 0 Å². The summed E-state index contributed by atoms with van der Waals surface area (Å²) in [6, 6.07) is 17.2. The molecule has 2 aromatic carbocycles. The first kappa shape index (κ1) is 11.2. The lowest BCUT2D eigenvalue weighted by Gasteiger charge is -2.55. The van der Waals surface area contributed by atoms with E-state index in [9.17, 15) is 5.11 Å². The zero-order chi connectivity index (χ0) is 13.3. The van der Waals surface area contributed by atoms with Crippen LogP contribution in [-0.2, 0) is 10.8 Å². The smallest absolute Gasteiger partial charge is 0.0686 e. The van der Waals surface area contributed by atoms with Crippen LogP contribution in [0.15, 0.2) is 48.5 Å². The van der Waals surface area contributed by atoms with Crippen molar-refractivity contribution >= 4 is 0 Å². The van der Waals surface area contributed by atoms with Crippen molar-refractivity contribution in [3.63, 3.8) is 0 Å². The van der Waals surface area contributed by atoms with Crippen molar-refractivity contribution in [2.45, 2.75) is 37.2 Å². The number of fused-ring (bicyclic) bond motifs is 1. The highest BCUT2D eigenvalue weighted by Gasteiger charge is 2.55. The normalized spacial score (nSPS) is 34.8. The minimum absolute atomic E-state index is 0.0512. The van der Waals surface area contributed by atoms with Crippen LogP contribution in [0.5, 0.6) is 0 Å². The predicted molar refractivity (Wildman–Crippen MR) is 76.4 cm³/mol. The molecule has 0 radical (unpaired) electrons. The van der Waals surface area contributed by atoms with Gasteiger partial charge >= 0.3 is 0 Å². The van der Waals surface area contributed by atoms with Crippen LogP contribution >= 0.6 is 0 Å². The fourth-order valence-corrected chi connectivity index (χ4v) is 4.29. The minimum Gasteiger partial charge on any atom is -0.392 e. The van der Waals surface area contributed by atoms with Gasteiger partial charge < -0.3 is 5.11 Å². The summed E-state index contributed by atoms with van der Waals surface area (Å²) in [5.41, 5.74) is 5.07. The second-order valence-electron chi connectivity index (χ2n) is 6.35. The van der Waals surface area contributed by atoms with E-state index in [4.69, 9.17) is 0 Å². The zero-order valence-electron chi connectivity index (χ0n) is 11.4. The Morgan fingerprint density at radius 3 is 1.74 bits per heavy atom. The second kappa shape index (κ2) is 3.29. The van der Waals surface area contributed by atoms with E-state index in [1.165, 1.54) is 22.3 Å². The lowest BCUT2D eigenvalue weighted by Crippen LogP contribution is -2.54. The van der Waals surface area contributed by atoms with E-state index in [1.807, 2.05) is 0 Å². The van der Waals surface area contributed by atoms with Gasteiger partial charge in [0.25, 0.3) is 0 Å². The van der Waals surface area contributed by atoms with E-state index in [0.717, 1.165) is 6.42 Å². The molecular formula is C18H18O. The summed E-state index contributed by atoms with van der Waals surface area (Å²) in [5.74, 6) is 0. The molecule has 5 rings (SSSR count). The van der Waals surface area contributed by atoms with Gasteiger partial charge in [-0.2, -0.15) is 0 Å². The van der Waals surface area contributed by atoms with Crippen LogP contribution in [-0.4, -0.2) is 11.2 Å². The van der Waals surface area contributed by atoms with Gasteiger partial charge in [-0.1, -0.05) is 55.5 Å². The molecule has 3 aliphatic rings. The fraction of sp³-hybridized carbons (Fsp3) is 0.333. The predicted octanol–water partition coefficient (Wildman–Crippen LogP) is 3.38. The third-order valence-corrected chi connectivity index (χ3v) is 5.43. The Balaban J connectivity index is 2.17. The number of aliphatic hydroxyl groups is 1. The minimum atomic E-state index is -0.303. The summed E-state index contributed by atoms with van der Waals surface area (Å²) in [6.45, 7) is 4.46. The van der Waals surface area contributed by atoms with E-state index in [-0.39, 0.29) is 16.9 Å². The van der Waals surface area contributed by atoms with Crippen molar-refractivity contribution in [3.8, 4) is 0 Å². The van der Waals surface area contributed by atoms with Crippen molar-refractivity contribution < 1.29 is 5.11 Å². The van der Waals surface area contributed by atoms with E-state index in [1.54, 1.807) is 0 Å². The molecule has 2 bridgehead atoms. The molecule has 2 aromatic rings. The molecule has 0 aromatic heterocycles. The number of rotatable bonds is 0. The first-order chi connectivity index (χ1) is 9.08. The Morgan fingerprint density at radius 2 is 1.26 bits per heavy atom. The highest BCUT2D eigenvalue weighted by Crippen LogP contribution is 2.58. The number of benzene rings is 2. The standard InChI is InChI=1S/C18H18O/c1-17-11-16(19)18(2,14-9-5-3-7-12(14)17)15-10-6-4-8-13(15)17/h3-10,16,19H,11H2,1-2H3. The summed E-state index contributed by atoms with van der Waals surface area (Å²) in [7, 11) is 0. The Bertz CT molecular complexity index is 623. The SMILES string of the molecule is CC12CC(O)C(C)(c3ccccc31)c1ccccc12. The van der Waals surface area contributed by atoms with E-state index in [0.29, 0.717) is 0 Å². The van der Waals surface area contributed by atoms with E-state index in [2.05, 4.69) is 62.4 Å². The average Bonchev–Trinajstić information content (AvgIpc) is 2.44. The molecule has 1 atom stereocenters. The van der Waals surface area contributed by atoms with Crippen LogP contribution in [0.3, 0.4) is 0 Å². The van der Waals surface area contributed by atoms with E-state index < -0.39 is 0 Å². The molecule has 1 heteroatoms. The first-order valence-corrected chi connectivity index (χ1v) is 6.96. The lowest BCUT2D eigenvalue weighted by atomic mass is 9.49.